The summed E-state index contributed by atoms with van der Waals surface area (Å²) in [6.07, 6.45) is 8.87. The predicted molar refractivity (Wildman–Crippen MR) is 145 cm³/mol. The van der Waals surface area contributed by atoms with Gasteiger partial charge in [0.25, 0.3) is 0 Å². The van der Waals surface area contributed by atoms with E-state index in [1.807, 2.05) is 19.9 Å². The van der Waals surface area contributed by atoms with Crippen molar-refractivity contribution >= 4 is 17.5 Å². The maximum Gasteiger partial charge on any atom is 0.312 e. The molecule has 38 heavy (non-hydrogen) atoms. The largest absolute Gasteiger partial charge is 0.469 e. The van der Waals surface area contributed by atoms with Crippen LogP contribution in [-0.2, 0) is 14.3 Å². The lowest BCUT2D eigenvalue weighted by Crippen LogP contribution is -2.69. The Morgan fingerprint density at radius 3 is 2.29 bits per heavy atom. The molecule has 8 unspecified atom stereocenters. The van der Waals surface area contributed by atoms with Gasteiger partial charge in [-0.15, -0.1) is 0 Å². The highest BCUT2D eigenvalue weighted by molar-refractivity contribution is 6.04. The summed E-state index contributed by atoms with van der Waals surface area (Å²) in [5, 5.41) is 24.5. The zero-order valence-electron chi connectivity index (χ0n) is 24.6. The third-order valence-corrected chi connectivity index (χ3v) is 13.2. The molecular formula is C32H46N2O4. The number of esters is 1. The van der Waals surface area contributed by atoms with Gasteiger partial charge in [0.15, 0.2) is 5.78 Å². The van der Waals surface area contributed by atoms with E-state index in [0.717, 1.165) is 50.7 Å². The second-order valence-corrected chi connectivity index (χ2v) is 15.5. The molecule has 8 atom stereocenters. The average Bonchev–Trinajstić information content (AvgIpc) is 2.85. The fraction of sp³-hybridized carbons (Fsp3) is 0.812. The number of carbonyl (C=O) groups excluding carboxylic acids is 2. The smallest absolute Gasteiger partial charge is 0.312 e. The molecule has 1 N–H and O–H groups in total. The molecule has 0 spiro atoms. The van der Waals surface area contributed by atoms with Crippen molar-refractivity contribution < 1.29 is 19.5 Å². The molecule has 0 heterocycles. The minimum atomic E-state index is -0.621. The normalized spacial score (nSPS) is 47.9. The third kappa shape index (κ3) is 3.20. The van der Waals surface area contributed by atoms with Gasteiger partial charge in [0.2, 0.25) is 0 Å². The number of hydrogen-bond donors (Lipinski definition) is 1. The van der Waals surface area contributed by atoms with Crippen LogP contribution in [0.3, 0.4) is 0 Å². The fourth-order valence-corrected chi connectivity index (χ4v) is 11.0. The van der Waals surface area contributed by atoms with Gasteiger partial charge >= 0.3 is 5.97 Å². The van der Waals surface area contributed by atoms with E-state index in [9.17, 15) is 20.1 Å². The van der Waals surface area contributed by atoms with Gasteiger partial charge in [-0.2, -0.15) is 5.26 Å². The molecule has 6 heteroatoms. The lowest BCUT2D eigenvalue weighted by Gasteiger charge is -2.72. The van der Waals surface area contributed by atoms with E-state index in [0.29, 0.717) is 6.42 Å². The number of fused-ring (bicyclic) bond motifs is 7. The SMILES string of the molecule is COC(=O)C12CCC(C)(C)CC1C1C(=NO)CC3C4(C)C=C(C#N)C(=O)C(C)(C)C4CCC3(C)C1(C)CC2. The van der Waals surface area contributed by atoms with Gasteiger partial charge in [0.1, 0.15) is 6.07 Å². The molecule has 0 aromatic rings. The molecule has 0 saturated heterocycles. The van der Waals surface area contributed by atoms with Crippen LogP contribution in [0.5, 0.6) is 0 Å². The summed E-state index contributed by atoms with van der Waals surface area (Å²) >= 11 is 0. The number of ketones is 1. The molecule has 4 saturated carbocycles. The van der Waals surface area contributed by atoms with Gasteiger partial charge < -0.3 is 9.94 Å². The maximum absolute atomic E-state index is 13.5. The number of hydrogen-bond acceptors (Lipinski definition) is 6. The quantitative estimate of drug-likeness (QED) is 0.234. The summed E-state index contributed by atoms with van der Waals surface area (Å²) in [4.78, 5) is 26.8. The Morgan fingerprint density at radius 1 is 1.03 bits per heavy atom. The van der Waals surface area contributed by atoms with Crippen LogP contribution in [0.2, 0.25) is 0 Å². The summed E-state index contributed by atoms with van der Waals surface area (Å²) in [6, 6.07) is 2.22. The molecule has 0 amide bonds. The van der Waals surface area contributed by atoms with Crippen LogP contribution in [-0.4, -0.2) is 29.8 Å². The highest BCUT2D eigenvalue weighted by Crippen LogP contribution is 2.76. The standard InChI is InChI=1S/C32H46N2O4/c1-27(2)11-13-32(26(36)38-8)14-12-31(7)24(20(32)17-27)21(34-37)15-23-29(5)16-19(18-33)25(35)28(3,4)22(29)9-10-30(23,31)6/h16,20,22-24,37H,9-15,17H2,1-8H3. The number of nitrogens with zero attached hydrogens (tertiary/aromatic N) is 2. The topological polar surface area (TPSA) is 99.8 Å². The molecule has 0 aromatic carbocycles. The number of ether oxygens (including phenoxy) is 1. The monoisotopic (exact) mass is 522 g/mol. The molecule has 0 aromatic heterocycles. The summed E-state index contributed by atoms with van der Waals surface area (Å²) in [5.41, 5.74) is -0.652. The Balaban J connectivity index is 1.68. The van der Waals surface area contributed by atoms with E-state index in [1.165, 1.54) is 7.11 Å². The van der Waals surface area contributed by atoms with Gasteiger partial charge in [-0.3, -0.25) is 9.59 Å². The fourth-order valence-electron chi connectivity index (χ4n) is 11.0. The number of Topliss-reactive ketones (excluding diaryl/α,β-unsaturated/α-hetero) is 1. The zero-order chi connectivity index (χ0) is 28.1. The van der Waals surface area contributed by atoms with Crippen LogP contribution in [0.15, 0.2) is 16.8 Å². The number of carbonyl (C=O) groups is 2. The van der Waals surface area contributed by atoms with E-state index in [2.05, 4.69) is 45.8 Å². The maximum atomic E-state index is 13.5. The predicted octanol–water partition coefficient (Wildman–Crippen LogP) is 6.72. The average molecular weight is 523 g/mol. The molecule has 5 aliphatic rings. The van der Waals surface area contributed by atoms with Crippen molar-refractivity contribution in [3.63, 3.8) is 0 Å². The molecule has 208 valence electrons. The molecule has 4 fully saturated rings. The van der Waals surface area contributed by atoms with Gasteiger partial charge in [-0.1, -0.05) is 59.7 Å². The van der Waals surface area contributed by atoms with Crippen molar-refractivity contribution in [2.45, 2.75) is 99.8 Å². The molecule has 0 bridgehead atoms. The van der Waals surface area contributed by atoms with Gasteiger partial charge in [0, 0.05) is 11.3 Å². The Kier molecular flexibility index (Phi) is 5.90. The summed E-state index contributed by atoms with van der Waals surface area (Å²) in [7, 11) is 1.51. The van der Waals surface area contributed by atoms with Crippen molar-refractivity contribution in [2.24, 2.45) is 61.3 Å². The molecule has 0 radical (unpaired) electrons. The Bertz CT molecular complexity index is 1180. The Morgan fingerprint density at radius 2 is 1.68 bits per heavy atom. The summed E-state index contributed by atoms with van der Waals surface area (Å²) in [5.74, 6) is 0.129. The van der Waals surface area contributed by atoms with E-state index in [1.54, 1.807) is 0 Å². The first-order valence-corrected chi connectivity index (χ1v) is 14.5. The van der Waals surface area contributed by atoms with Gasteiger partial charge in [-0.05, 0) is 90.8 Å². The van der Waals surface area contributed by atoms with E-state index >= 15 is 0 Å². The van der Waals surface area contributed by atoms with Crippen molar-refractivity contribution in [2.75, 3.05) is 7.11 Å². The Hall–Kier alpha value is -2.16. The summed E-state index contributed by atoms with van der Waals surface area (Å²) in [6.45, 7) is 15.7. The van der Waals surface area contributed by atoms with E-state index < -0.39 is 10.8 Å². The molecule has 0 aliphatic heterocycles. The first kappa shape index (κ1) is 27.4. The summed E-state index contributed by atoms with van der Waals surface area (Å²) < 4.78 is 5.46. The number of rotatable bonds is 1. The number of methoxy groups -OCH3 is 1. The van der Waals surface area contributed by atoms with Gasteiger partial charge in [0.05, 0.1) is 23.8 Å². The van der Waals surface area contributed by atoms with Crippen molar-refractivity contribution in [1.82, 2.24) is 0 Å². The lowest BCUT2D eigenvalue weighted by atomic mass is 9.31. The molecule has 5 aliphatic carbocycles. The minimum Gasteiger partial charge on any atom is -0.469 e. The van der Waals surface area contributed by atoms with Crippen molar-refractivity contribution in [1.29, 1.82) is 5.26 Å². The first-order chi connectivity index (χ1) is 17.6. The van der Waals surface area contributed by atoms with Crippen LogP contribution in [0.25, 0.3) is 0 Å². The molecular weight excluding hydrogens is 476 g/mol. The highest BCUT2D eigenvalue weighted by Gasteiger charge is 2.72. The van der Waals surface area contributed by atoms with Crippen LogP contribution >= 0.6 is 0 Å². The number of oxime groups is 1. The second-order valence-electron chi connectivity index (χ2n) is 15.5. The lowest BCUT2D eigenvalue weighted by molar-refractivity contribution is -0.207. The van der Waals surface area contributed by atoms with E-state index in [-0.39, 0.29) is 62.7 Å². The van der Waals surface area contributed by atoms with Gasteiger partial charge in [-0.25, -0.2) is 0 Å². The minimum absolute atomic E-state index is 0.0148. The molecule has 5 rings (SSSR count). The number of allylic oxidation sites excluding steroid dienone is 2. The molecule has 6 nitrogen and oxygen atoms in total. The third-order valence-electron chi connectivity index (χ3n) is 13.2. The highest BCUT2D eigenvalue weighted by atomic mass is 16.5. The first-order valence-electron chi connectivity index (χ1n) is 14.5. The zero-order valence-corrected chi connectivity index (χ0v) is 24.6. The van der Waals surface area contributed by atoms with Crippen LogP contribution in [0.4, 0.5) is 0 Å². The van der Waals surface area contributed by atoms with Crippen LogP contribution in [0.1, 0.15) is 99.8 Å². The Labute approximate surface area is 228 Å². The van der Waals surface area contributed by atoms with E-state index in [4.69, 9.17) is 4.74 Å². The van der Waals surface area contributed by atoms with Crippen molar-refractivity contribution in [3.8, 4) is 6.07 Å². The number of nitriles is 1. The van der Waals surface area contributed by atoms with Crippen LogP contribution < -0.4 is 0 Å². The second kappa shape index (κ2) is 8.18. The van der Waals surface area contributed by atoms with Crippen molar-refractivity contribution in [3.05, 3.63) is 11.6 Å². The van der Waals surface area contributed by atoms with Crippen LogP contribution in [0, 0.1) is 67.5 Å².